The van der Waals surface area contributed by atoms with E-state index in [0.29, 0.717) is 11.1 Å². The molecule has 1 aliphatic carbocycles. The first kappa shape index (κ1) is 14.4. The maximum absolute atomic E-state index is 12.2. The third-order valence-corrected chi connectivity index (χ3v) is 3.28. The van der Waals surface area contributed by atoms with E-state index in [0.717, 1.165) is 0 Å². The summed E-state index contributed by atoms with van der Waals surface area (Å²) in [5, 5.41) is 0. The molecule has 0 spiro atoms. The van der Waals surface area contributed by atoms with Crippen LogP contribution in [-0.2, 0) is 14.2 Å². The lowest BCUT2D eigenvalue weighted by Gasteiger charge is -2.27. The van der Waals surface area contributed by atoms with Crippen molar-refractivity contribution in [1.29, 1.82) is 0 Å². The van der Waals surface area contributed by atoms with Crippen molar-refractivity contribution in [2.45, 2.75) is 12.7 Å². The van der Waals surface area contributed by atoms with Gasteiger partial charge in [0.15, 0.2) is 17.3 Å². The number of hydrogen-bond donors (Lipinski definition) is 0. The third kappa shape index (κ3) is 2.64. The Kier molecular flexibility index (Phi) is 4.01. The Morgan fingerprint density at radius 2 is 1.65 bits per heavy atom. The van der Waals surface area contributed by atoms with Crippen molar-refractivity contribution in [3.63, 3.8) is 0 Å². The summed E-state index contributed by atoms with van der Waals surface area (Å²) in [4.78, 5) is 24.2. The highest BCUT2D eigenvalue weighted by Gasteiger charge is 2.30. The lowest BCUT2D eigenvalue weighted by Crippen LogP contribution is -2.36. The van der Waals surface area contributed by atoms with Crippen LogP contribution in [-0.4, -0.2) is 38.2 Å². The molecule has 106 valence electrons. The molecule has 0 N–H and O–H groups in total. The normalized spacial score (nSPS) is 14.8. The molecule has 5 nitrogen and oxygen atoms in total. The Bertz CT molecular complexity index is 569. The monoisotopic (exact) mass is 276 g/mol. The first-order chi connectivity index (χ1) is 9.50. The highest BCUT2D eigenvalue weighted by Crippen LogP contribution is 2.23. The predicted octanol–water partition coefficient (Wildman–Crippen LogP) is 1.98. The Labute approximate surface area is 117 Å². The van der Waals surface area contributed by atoms with Crippen molar-refractivity contribution >= 4 is 11.6 Å². The second-order valence-electron chi connectivity index (χ2n) is 4.58. The number of fused-ring (bicyclic) bond motifs is 1. The van der Waals surface area contributed by atoms with Gasteiger partial charge in [-0.05, 0) is 6.92 Å². The number of rotatable bonds is 5. The second-order valence-corrected chi connectivity index (χ2v) is 4.58. The minimum Gasteiger partial charge on any atom is -0.484 e. The van der Waals surface area contributed by atoms with Crippen LogP contribution >= 0.6 is 0 Å². The summed E-state index contributed by atoms with van der Waals surface area (Å²) in [6.07, 6.45) is 1.20. The van der Waals surface area contributed by atoms with E-state index in [9.17, 15) is 9.59 Å². The van der Waals surface area contributed by atoms with Gasteiger partial charge >= 0.3 is 0 Å². The van der Waals surface area contributed by atoms with E-state index in [-0.39, 0.29) is 23.9 Å². The van der Waals surface area contributed by atoms with Gasteiger partial charge in [0.05, 0.1) is 0 Å². The topological polar surface area (TPSA) is 61.8 Å². The van der Waals surface area contributed by atoms with Crippen molar-refractivity contribution in [2.75, 3.05) is 20.8 Å². The molecule has 1 aromatic carbocycles. The van der Waals surface area contributed by atoms with Crippen LogP contribution < -0.4 is 0 Å². The van der Waals surface area contributed by atoms with Gasteiger partial charge in [-0.25, -0.2) is 0 Å². The smallest absolute Gasteiger partial charge is 0.228 e. The van der Waals surface area contributed by atoms with Crippen LogP contribution in [0.2, 0.25) is 0 Å². The van der Waals surface area contributed by atoms with E-state index in [4.69, 9.17) is 14.2 Å². The molecule has 0 saturated carbocycles. The van der Waals surface area contributed by atoms with E-state index in [1.165, 1.54) is 20.3 Å². The van der Waals surface area contributed by atoms with Crippen molar-refractivity contribution in [3.05, 3.63) is 47.2 Å². The molecule has 20 heavy (non-hydrogen) atoms. The average molecular weight is 276 g/mol. The number of benzene rings is 1. The fraction of sp³-hybridized carbons (Fsp3) is 0.333. The summed E-state index contributed by atoms with van der Waals surface area (Å²) in [5.74, 6) is -1.52. The molecule has 0 heterocycles. The zero-order valence-electron chi connectivity index (χ0n) is 11.6. The minimum atomic E-state index is -0.971. The van der Waals surface area contributed by atoms with Crippen molar-refractivity contribution in [2.24, 2.45) is 0 Å². The van der Waals surface area contributed by atoms with Crippen LogP contribution in [0.1, 0.15) is 27.6 Å². The van der Waals surface area contributed by atoms with Crippen molar-refractivity contribution in [3.8, 4) is 0 Å². The fourth-order valence-corrected chi connectivity index (χ4v) is 1.81. The summed E-state index contributed by atoms with van der Waals surface area (Å²) in [7, 11) is 2.95. The first-order valence-corrected chi connectivity index (χ1v) is 6.13. The highest BCUT2D eigenvalue weighted by atomic mass is 16.7. The lowest BCUT2D eigenvalue weighted by molar-refractivity contribution is -0.216. The van der Waals surface area contributed by atoms with Gasteiger partial charge in [0, 0.05) is 31.4 Å². The number of hydrogen-bond acceptors (Lipinski definition) is 5. The molecule has 0 atom stereocenters. The van der Waals surface area contributed by atoms with E-state index in [1.54, 1.807) is 31.2 Å². The molecule has 1 aliphatic rings. The number of ether oxygens (including phenoxy) is 3. The summed E-state index contributed by atoms with van der Waals surface area (Å²) < 4.78 is 15.7. The Balaban J connectivity index is 2.19. The molecule has 2 rings (SSSR count). The molecular weight excluding hydrogens is 260 g/mol. The van der Waals surface area contributed by atoms with Gasteiger partial charge in [0.1, 0.15) is 6.61 Å². The Hall–Kier alpha value is -1.98. The minimum absolute atomic E-state index is 0.00696. The Morgan fingerprint density at radius 1 is 1.05 bits per heavy atom. The summed E-state index contributed by atoms with van der Waals surface area (Å²) >= 11 is 0. The average Bonchev–Trinajstić information content (AvgIpc) is 2.49. The van der Waals surface area contributed by atoms with Gasteiger partial charge in [0.2, 0.25) is 5.78 Å². The fourth-order valence-electron chi connectivity index (χ4n) is 1.81. The summed E-state index contributed by atoms with van der Waals surface area (Å²) in [6, 6.07) is 6.66. The van der Waals surface area contributed by atoms with Crippen LogP contribution in [0.4, 0.5) is 0 Å². The Morgan fingerprint density at radius 3 is 2.25 bits per heavy atom. The maximum atomic E-state index is 12.2. The molecule has 1 aromatic rings. The number of carbonyl (C=O) groups excluding carboxylic acids is 2. The molecule has 0 fully saturated rings. The number of methoxy groups -OCH3 is 2. The SMILES string of the molecule is COC(C)(COC1=CC(=O)c2ccccc2C1=O)OC. The zero-order chi connectivity index (χ0) is 14.8. The maximum Gasteiger partial charge on any atom is 0.228 e. The van der Waals surface area contributed by atoms with Crippen molar-refractivity contribution < 1.29 is 23.8 Å². The third-order valence-electron chi connectivity index (χ3n) is 3.28. The predicted molar refractivity (Wildman–Crippen MR) is 71.6 cm³/mol. The van der Waals surface area contributed by atoms with E-state index in [2.05, 4.69) is 0 Å². The van der Waals surface area contributed by atoms with Crippen LogP contribution in [0.3, 0.4) is 0 Å². The zero-order valence-corrected chi connectivity index (χ0v) is 11.6. The number of allylic oxidation sites excluding steroid dienone is 2. The van der Waals surface area contributed by atoms with Gasteiger partial charge in [-0.1, -0.05) is 24.3 Å². The van der Waals surface area contributed by atoms with Crippen LogP contribution in [0.5, 0.6) is 0 Å². The first-order valence-electron chi connectivity index (χ1n) is 6.13. The van der Waals surface area contributed by atoms with Gasteiger partial charge in [0.25, 0.3) is 0 Å². The summed E-state index contributed by atoms with van der Waals surface area (Å²) in [6.45, 7) is 1.68. The van der Waals surface area contributed by atoms with Gasteiger partial charge in [-0.2, -0.15) is 0 Å². The second kappa shape index (κ2) is 5.56. The van der Waals surface area contributed by atoms with E-state index < -0.39 is 5.79 Å². The molecule has 0 amide bonds. The summed E-state index contributed by atoms with van der Waals surface area (Å²) in [5.41, 5.74) is 0.748. The molecule has 0 saturated heterocycles. The number of Topliss-reactive ketones (excluding diaryl/α,β-unsaturated/α-hetero) is 1. The van der Waals surface area contributed by atoms with Gasteiger partial charge < -0.3 is 14.2 Å². The number of carbonyl (C=O) groups is 2. The molecule has 0 bridgehead atoms. The van der Waals surface area contributed by atoms with Gasteiger partial charge in [-0.3, -0.25) is 9.59 Å². The van der Waals surface area contributed by atoms with Crippen LogP contribution in [0, 0.1) is 0 Å². The standard InChI is InChI=1S/C15H16O5/c1-15(18-2,19-3)9-20-13-8-12(16)10-6-4-5-7-11(10)14(13)17/h4-8H,9H2,1-3H3. The van der Waals surface area contributed by atoms with E-state index >= 15 is 0 Å². The van der Waals surface area contributed by atoms with Crippen molar-refractivity contribution in [1.82, 2.24) is 0 Å². The van der Waals surface area contributed by atoms with Gasteiger partial charge in [-0.15, -0.1) is 0 Å². The van der Waals surface area contributed by atoms with Crippen LogP contribution in [0.15, 0.2) is 36.1 Å². The highest BCUT2D eigenvalue weighted by molar-refractivity contribution is 6.23. The quantitative estimate of drug-likeness (QED) is 0.769. The largest absolute Gasteiger partial charge is 0.484 e. The lowest BCUT2D eigenvalue weighted by atomic mass is 9.94. The molecule has 0 aliphatic heterocycles. The molecule has 0 aromatic heterocycles. The molecule has 0 unspecified atom stereocenters. The van der Waals surface area contributed by atoms with Crippen LogP contribution in [0.25, 0.3) is 0 Å². The molecule has 5 heteroatoms. The van der Waals surface area contributed by atoms with E-state index in [1.807, 2.05) is 0 Å². The number of ketones is 2. The molecular formula is C15H16O5. The molecule has 0 radical (unpaired) electrons.